The van der Waals surface area contributed by atoms with E-state index < -0.39 is 22.0 Å². The number of nitrogens with one attached hydrogen (secondary N) is 1. The molecule has 0 unspecified atom stereocenters. The van der Waals surface area contributed by atoms with Crippen molar-refractivity contribution in [1.29, 1.82) is 0 Å². The van der Waals surface area contributed by atoms with Crippen molar-refractivity contribution in [2.24, 2.45) is 0 Å². The highest BCUT2D eigenvalue weighted by atomic mass is 35.5. The summed E-state index contributed by atoms with van der Waals surface area (Å²) in [5, 5.41) is 3.31. The number of nitrogens with zero attached hydrogens (tertiary/aromatic N) is 1. The van der Waals surface area contributed by atoms with Crippen LogP contribution in [0.3, 0.4) is 0 Å². The number of ether oxygens (including phenoxy) is 2. The number of carbonyl (C=O) groups is 1. The van der Waals surface area contributed by atoms with Gasteiger partial charge in [-0.25, -0.2) is 8.42 Å². The first-order valence-electron chi connectivity index (χ1n) is 9.65. The van der Waals surface area contributed by atoms with Gasteiger partial charge in [-0.2, -0.15) is 0 Å². The number of hydrogen-bond donors (Lipinski definition) is 1. The van der Waals surface area contributed by atoms with E-state index in [4.69, 9.17) is 21.1 Å². The average molecular weight is 453 g/mol. The Morgan fingerprint density at radius 2 is 1.87 bits per heavy atom. The minimum Gasteiger partial charge on any atom is -0.486 e. The van der Waals surface area contributed by atoms with Gasteiger partial charge in [0.2, 0.25) is 15.9 Å². The van der Waals surface area contributed by atoms with E-state index in [0.29, 0.717) is 41.8 Å². The van der Waals surface area contributed by atoms with Gasteiger partial charge >= 0.3 is 0 Å². The van der Waals surface area contributed by atoms with E-state index in [1.165, 1.54) is 6.07 Å². The van der Waals surface area contributed by atoms with Gasteiger partial charge in [0.25, 0.3) is 0 Å². The van der Waals surface area contributed by atoms with Crippen molar-refractivity contribution in [3.8, 4) is 11.5 Å². The maximum absolute atomic E-state index is 13.1. The number of amides is 1. The van der Waals surface area contributed by atoms with E-state index in [1.54, 1.807) is 31.2 Å². The predicted molar refractivity (Wildman–Crippen MR) is 117 cm³/mol. The number of rotatable bonds is 7. The van der Waals surface area contributed by atoms with Gasteiger partial charge in [0, 0.05) is 5.02 Å². The Morgan fingerprint density at radius 3 is 2.50 bits per heavy atom. The molecule has 1 aliphatic heterocycles. The van der Waals surface area contributed by atoms with E-state index >= 15 is 0 Å². The molecule has 0 aromatic heterocycles. The second-order valence-electron chi connectivity index (χ2n) is 7.10. The molecule has 0 saturated carbocycles. The quantitative estimate of drug-likeness (QED) is 0.694. The molecule has 162 valence electrons. The third kappa shape index (κ3) is 4.99. The van der Waals surface area contributed by atoms with Crippen molar-refractivity contribution in [2.75, 3.05) is 23.8 Å². The van der Waals surface area contributed by atoms with Crippen LogP contribution >= 0.6 is 11.6 Å². The van der Waals surface area contributed by atoms with Gasteiger partial charge < -0.3 is 14.8 Å². The van der Waals surface area contributed by atoms with Crippen LogP contribution in [0.25, 0.3) is 0 Å². The first kappa shape index (κ1) is 22.2. The minimum absolute atomic E-state index is 0.291. The van der Waals surface area contributed by atoms with Gasteiger partial charge in [0.15, 0.2) is 11.5 Å². The van der Waals surface area contributed by atoms with Gasteiger partial charge in [-0.15, -0.1) is 0 Å². The highest BCUT2D eigenvalue weighted by molar-refractivity contribution is 7.92. The second-order valence-corrected chi connectivity index (χ2v) is 9.39. The molecule has 1 heterocycles. The summed E-state index contributed by atoms with van der Waals surface area (Å²) in [5.41, 5.74) is 1.18. The number of halogens is 1. The fourth-order valence-corrected chi connectivity index (χ4v) is 4.78. The molecule has 0 fully saturated rings. The number of sulfonamides is 1. The van der Waals surface area contributed by atoms with Crippen LogP contribution in [0.5, 0.6) is 11.5 Å². The maximum Gasteiger partial charge on any atom is 0.244 e. The van der Waals surface area contributed by atoms with E-state index in [2.05, 4.69) is 5.32 Å². The fourth-order valence-electron chi connectivity index (χ4n) is 3.40. The molecular formula is C21H25ClN2O5S. The van der Waals surface area contributed by atoms with E-state index in [0.717, 1.165) is 16.1 Å². The van der Waals surface area contributed by atoms with Crippen molar-refractivity contribution in [1.82, 2.24) is 5.32 Å². The van der Waals surface area contributed by atoms with Crippen LogP contribution < -0.4 is 19.1 Å². The largest absolute Gasteiger partial charge is 0.486 e. The number of carbonyl (C=O) groups excluding carboxylic acids is 1. The molecule has 0 radical (unpaired) electrons. The fraction of sp³-hybridized carbons (Fsp3) is 0.381. The Balaban J connectivity index is 1.83. The molecule has 0 spiro atoms. The lowest BCUT2D eigenvalue weighted by molar-refractivity contribution is -0.122. The summed E-state index contributed by atoms with van der Waals surface area (Å²) < 4.78 is 37.3. The van der Waals surface area contributed by atoms with E-state index in [1.807, 2.05) is 19.1 Å². The lowest BCUT2D eigenvalue weighted by atomic mass is 10.1. The van der Waals surface area contributed by atoms with Crippen LogP contribution in [0.1, 0.15) is 31.9 Å². The minimum atomic E-state index is -3.73. The second kappa shape index (κ2) is 9.14. The Hall–Kier alpha value is -2.45. The first-order valence-corrected chi connectivity index (χ1v) is 11.9. The highest BCUT2D eigenvalue weighted by Crippen LogP contribution is 2.33. The molecule has 7 nitrogen and oxygen atoms in total. The standard InChI is InChI=1S/C21H25ClN2O5S/c1-4-18(24(30(3,26)27)17-7-5-6-16(22)13-17)21(25)23-14(2)15-8-9-19-20(12-15)29-11-10-28-19/h5-9,12-14,18H,4,10-11H2,1-3H3,(H,23,25)/t14-,18+/m0/s1. The summed E-state index contributed by atoms with van der Waals surface area (Å²) in [6.45, 7) is 4.57. The maximum atomic E-state index is 13.1. The summed E-state index contributed by atoms with van der Waals surface area (Å²) in [6.07, 6.45) is 1.37. The molecule has 0 saturated heterocycles. The average Bonchev–Trinajstić information content (AvgIpc) is 2.70. The molecule has 0 aliphatic carbocycles. The summed E-state index contributed by atoms with van der Waals surface area (Å²) in [5.74, 6) is 0.896. The van der Waals surface area contributed by atoms with Crippen LogP contribution in [-0.4, -0.2) is 39.8 Å². The molecule has 1 aliphatic rings. The smallest absolute Gasteiger partial charge is 0.244 e. The summed E-state index contributed by atoms with van der Waals surface area (Å²) in [6, 6.07) is 10.7. The molecule has 0 bridgehead atoms. The van der Waals surface area contributed by atoms with Crippen LogP contribution in [0.15, 0.2) is 42.5 Å². The molecule has 30 heavy (non-hydrogen) atoms. The monoisotopic (exact) mass is 452 g/mol. The Bertz CT molecular complexity index is 1030. The van der Waals surface area contributed by atoms with Crippen LogP contribution in [0, 0.1) is 0 Å². The summed E-state index contributed by atoms with van der Waals surface area (Å²) in [7, 11) is -3.73. The zero-order valence-electron chi connectivity index (χ0n) is 17.1. The first-order chi connectivity index (χ1) is 14.2. The van der Waals surface area contributed by atoms with Gasteiger partial charge in [-0.1, -0.05) is 30.7 Å². The molecule has 2 aromatic carbocycles. The zero-order valence-corrected chi connectivity index (χ0v) is 18.7. The number of hydrogen-bond acceptors (Lipinski definition) is 5. The van der Waals surface area contributed by atoms with Crippen molar-refractivity contribution in [2.45, 2.75) is 32.4 Å². The van der Waals surface area contributed by atoms with Crippen molar-refractivity contribution in [3.05, 3.63) is 53.1 Å². The third-order valence-corrected chi connectivity index (χ3v) is 6.23. The molecule has 2 atom stereocenters. The summed E-state index contributed by atoms with van der Waals surface area (Å²) in [4.78, 5) is 13.1. The molecule has 3 rings (SSSR count). The molecule has 1 amide bonds. The zero-order chi connectivity index (χ0) is 21.9. The molecular weight excluding hydrogens is 428 g/mol. The van der Waals surface area contributed by atoms with Crippen molar-refractivity contribution >= 4 is 33.2 Å². The number of fused-ring (bicyclic) bond motifs is 1. The van der Waals surface area contributed by atoms with Crippen molar-refractivity contribution < 1.29 is 22.7 Å². The Kier molecular flexibility index (Phi) is 6.77. The predicted octanol–water partition coefficient (Wildman–Crippen LogP) is 3.53. The van der Waals surface area contributed by atoms with Crippen LogP contribution in [0.4, 0.5) is 5.69 Å². The Morgan fingerprint density at radius 1 is 1.17 bits per heavy atom. The lowest BCUT2D eigenvalue weighted by Crippen LogP contribution is -2.49. The Labute approximate surface area is 182 Å². The van der Waals surface area contributed by atoms with Gasteiger partial charge in [-0.3, -0.25) is 9.10 Å². The van der Waals surface area contributed by atoms with Crippen LogP contribution in [0.2, 0.25) is 5.02 Å². The number of anilines is 1. The van der Waals surface area contributed by atoms with E-state index in [-0.39, 0.29) is 6.04 Å². The van der Waals surface area contributed by atoms with Crippen molar-refractivity contribution in [3.63, 3.8) is 0 Å². The number of benzene rings is 2. The SMILES string of the molecule is CC[C@H](C(=O)N[C@@H](C)c1ccc2c(c1)OCCO2)N(c1cccc(Cl)c1)S(C)(=O)=O. The summed E-state index contributed by atoms with van der Waals surface area (Å²) >= 11 is 6.04. The van der Waals surface area contributed by atoms with Crippen LogP contribution in [-0.2, 0) is 14.8 Å². The normalized spacial score (nSPS) is 15.2. The van der Waals surface area contributed by atoms with Gasteiger partial charge in [0.1, 0.15) is 19.3 Å². The topological polar surface area (TPSA) is 84.9 Å². The van der Waals surface area contributed by atoms with E-state index in [9.17, 15) is 13.2 Å². The highest BCUT2D eigenvalue weighted by Gasteiger charge is 2.32. The molecule has 9 heteroatoms. The van der Waals surface area contributed by atoms with Gasteiger partial charge in [-0.05, 0) is 49.2 Å². The van der Waals surface area contributed by atoms with Gasteiger partial charge in [0.05, 0.1) is 18.0 Å². The molecule has 2 aromatic rings. The lowest BCUT2D eigenvalue weighted by Gasteiger charge is -2.31. The third-order valence-electron chi connectivity index (χ3n) is 4.82. The molecule has 1 N–H and O–H groups in total.